The Labute approximate surface area is 182 Å². The van der Waals surface area contributed by atoms with Gasteiger partial charge in [0.05, 0.1) is 23.6 Å². The number of ether oxygens (including phenoxy) is 4. The summed E-state index contributed by atoms with van der Waals surface area (Å²) in [7, 11) is 1.52. The number of fused-ring (bicyclic) bond motifs is 2. The van der Waals surface area contributed by atoms with Crippen molar-refractivity contribution >= 4 is 16.9 Å². The second-order valence-corrected chi connectivity index (χ2v) is 7.12. The fraction of sp³-hybridized carbons (Fsp3) is 0.120. The Morgan fingerprint density at radius 1 is 0.906 bits per heavy atom. The molecule has 160 valence electrons. The van der Waals surface area contributed by atoms with E-state index in [4.69, 9.17) is 23.4 Å². The first-order valence-corrected chi connectivity index (χ1v) is 9.94. The Kier molecular flexibility index (Phi) is 4.99. The average Bonchev–Trinajstić information content (AvgIpc) is 2.84. The van der Waals surface area contributed by atoms with Gasteiger partial charge in [0.25, 0.3) is 0 Å². The minimum atomic E-state index is -0.543. The summed E-state index contributed by atoms with van der Waals surface area (Å²) in [4.78, 5) is 25.5. The number of methoxy groups -OCH3 is 1. The molecule has 0 radical (unpaired) electrons. The van der Waals surface area contributed by atoms with Crippen LogP contribution in [0.15, 0.2) is 76.1 Å². The highest BCUT2D eigenvalue weighted by atomic mass is 16.6. The molecule has 1 aromatic heterocycles. The lowest BCUT2D eigenvalue weighted by molar-refractivity contribution is 0.0734. The lowest BCUT2D eigenvalue weighted by Crippen LogP contribution is -2.15. The number of esters is 1. The van der Waals surface area contributed by atoms with Crippen LogP contribution in [-0.4, -0.2) is 26.3 Å². The second-order valence-electron chi connectivity index (χ2n) is 7.12. The highest BCUT2D eigenvalue weighted by Crippen LogP contribution is 2.34. The zero-order valence-electron chi connectivity index (χ0n) is 17.1. The lowest BCUT2D eigenvalue weighted by Gasteiger charge is -2.18. The Hall–Kier alpha value is -4.26. The number of rotatable bonds is 4. The van der Waals surface area contributed by atoms with Crippen molar-refractivity contribution in [3.05, 3.63) is 82.7 Å². The maximum absolute atomic E-state index is 13.1. The normalized spacial score (nSPS) is 12.4. The summed E-state index contributed by atoms with van der Waals surface area (Å²) in [6.07, 6.45) is 1.39. The third kappa shape index (κ3) is 3.65. The molecule has 3 aromatic carbocycles. The molecule has 0 fully saturated rings. The van der Waals surface area contributed by atoms with Gasteiger partial charge in [-0.15, -0.1) is 0 Å². The molecule has 32 heavy (non-hydrogen) atoms. The predicted molar refractivity (Wildman–Crippen MR) is 117 cm³/mol. The Bertz CT molecular complexity index is 1390. The van der Waals surface area contributed by atoms with Gasteiger partial charge < -0.3 is 23.4 Å². The molecule has 4 aromatic rings. The molecule has 0 aliphatic carbocycles. The van der Waals surface area contributed by atoms with Gasteiger partial charge in [0.2, 0.25) is 0 Å². The first-order valence-electron chi connectivity index (χ1n) is 9.94. The van der Waals surface area contributed by atoms with Gasteiger partial charge in [0.15, 0.2) is 16.9 Å². The molecule has 1 aliphatic rings. The molecular formula is C25H18O7. The molecule has 1 aliphatic heterocycles. The van der Waals surface area contributed by atoms with Crippen LogP contribution in [0, 0.1) is 0 Å². The second kappa shape index (κ2) is 8.11. The molecule has 0 saturated carbocycles. The standard InChI is InChI=1S/C25H18O7/c1-28-17-4-2-3-16(11-17)25(27)32-18-6-7-19-22(13-18)31-14-20(24(19)26)15-5-8-21-23(12-15)30-10-9-29-21/h2-8,11-14H,9-10H2,1H3. The molecule has 7 nitrogen and oxygen atoms in total. The summed E-state index contributed by atoms with van der Waals surface area (Å²) < 4.78 is 27.4. The van der Waals surface area contributed by atoms with Gasteiger partial charge in [-0.25, -0.2) is 4.79 Å². The molecule has 5 rings (SSSR count). The van der Waals surface area contributed by atoms with E-state index in [0.29, 0.717) is 58.1 Å². The van der Waals surface area contributed by atoms with Gasteiger partial charge in [-0.05, 0) is 48.0 Å². The van der Waals surface area contributed by atoms with Crippen molar-refractivity contribution in [3.8, 4) is 34.1 Å². The SMILES string of the molecule is COc1cccc(C(=O)Oc2ccc3c(=O)c(-c4ccc5c(c4)OCCO5)coc3c2)c1. The number of carbonyl (C=O) groups is 1. The molecule has 7 heteroatoms. The Morgan fingerprint density at radius 3 is 2.59 bits per heavy atom. The largest absolute Gasteiger partial charge is 0.497 e. The first-order chi connectivity index (χ1) is 15.6. The van der Waals surface area contributed by atoms with Crippen LogP contribution >= 0.6 is 0 Å². The average molecular weight is 430 g/mol. The molecule has 0 N–H and O–H groups in total. The van der Waals surface area contributed by atoms with Crippen molar-refractivity contribution in [2.75, 3.05) is 20.3 Å². The topological polar surface area (TPSA) is 84.2 Å². The van der Waals surface area contributed by atoms with E-state index in [1.165, 1.54) is 19.4 Å². The van der Waals surface area contributed by atoms with Crippen molar-refractivity contribution < 1.29 is 28.2 Å². The summed E-state index contributed by atoms with van der Waals surface area (Å²) in [6, 6.07) is 16.6. The van der Waals surface area contributed by atoms with Gasteiger partial charge >= 0.3 is 5.97 Å². The highest BCUT2D eigenvalue weighted by Gasteiger charge is 2.16. The number of carbonyl (C=O) groups excluding carboxylic acids is 1. The van der Waals surface area contributed by atoms with Gasteiger partial charge in [0, 0.05) is 6.07 Å². The van der Waals surface area contributed by atoms with Crippen LogP contribution in [0.2, 0.25) is 0 Å². The Balaban J connectivity index is 1.44. The fourth-order valence-corrected chi connectivity index (χ4v) is 3.50. The quantitative estimate of drug-likeness (QED) is 0.349. The zero-order chi connectivity index (χ0) is 22.1. The summed E-state index contributed by atoms with van der Waals surface area (Å²) in [6.45, 7) is 0.954. The van der Waals surface area contributed by atoms with Crippen LogP contribution in [0.4, 0.5) is 0 Å². The predicted octanol–water partition coefficient (Wildman–Crippen LogP) is 4.46. The number of benzene rings is 3. The highest BCUT2D eigenvalue weighted by molar-refractivity contribution is 5.92. The molecular weight excluding hydrogens is 412 g/mol. The molecule has 2 heterocycles. The first kappa shape index (κ1) is 19.7. The smallest absolute Gasteiger partial charge is 0.343 e. The van der Waals surface area contributed by atoms with Gasteiger partial charge in [-0.2, -0.15) is 0 Å². The Morgan fingerprint density at radius 2 is 1.75 bits per heavy atom. The molecule has 0 amide bonds. The van der Waals surface area contributed by atoms with Gasteiger partial charge in [0.1, 0.15) is 36.6 Å². The lowest BCUT2D eigenvalue weighted by atomic mass is 10.0. The van der Waals surface area contributed by atoms with Crippen LogP contribution in [0.1, 0.15) is 10.4 Å². The van der Waals surface area contributed by atoms with Crippen molar-refractivity contribution in [3.63, 3.8) is 0 Å². The van der Waals surface area contributed by atoms with E-state index in [-0.39, 0.29) is 11.2 Å². The third-order valence-electron chi connectivity index (χ3n) is 5.12. The minimum Gasteiger partial charge on any atom is -0.497 e. The molecule has 0 saturated heterocycles. The van der Waals surface area contributed by atoms with E-state index in [1.807, 2.05) is 0 Å². The van der Waals surface area contributed by atoms with Crippen LogP contribution in [0.25, 0.3) is 22.1 Å². The van der Waals surface area contributed by atoms with E-state index in [9.17, 15) is 9.59 Å². The van der Waals surface area contributed by atoms with Crippen LogP contribution in [0.3, 0.4) is 0 Å². The summed E-state index contributed by atoms with van der Waals surface area (Å²) >= 11 is 0. The summed E-state index contributed by atoms with van der Waals surface area (Å²) in [5.41, 5.74) is 1.52. The summed E-state index contributed by atoms with van der Waals surface area (Å²) in [5.74, 6) is 1.51. The zero-order valence-corrected chi connectivity index (χ0v) is 17.1. The van der Waals surface area contributed by atoms with Crippen molar-refractivity contribution in [1.29, 1.82) is 0 Å². The monoisotopic (exact) mass is 430 g/mol. The van der Waals surface area contributed by atoms with Crippen LogP contribution < -0.4 is 24.4 Å². The number of hydrogen-bond donors (Lipinski definition) is 0. The van der Waals surface area contributed by atoms with Crippen molar-refractivity contribution in [2.45, 2.75) is 0 Å². The molecule has 0 spiro atoms. The summed E-state index contributed by atoms with van der Waals surface area (Å²) in [5, 5.41) is 0.374. The molecule has 0 unspecified atom stereocenters. The van der Waals surface area contributed by atoms with E-state index in [0.717, 1.165) is 0 Å². The van der Waals surface area contributed by atoms with Crippen LogP contribution in [-0.2, 0) is 0 Å². The fourth-order valence-electron chi connectivity index (χ4n) is 3.50. The molecule has 0 bridgehead atoms. The van der Waals surface area contributed by atoms with E-state index in [1.54, 1.807) is 54.6 Å². The van der Waals surface area contributed by atoms with E-state index >= 15 is 0 Å². The maximum Gasteiger partial charge on any atom is 0.343 e. The minimum absolute atomic E-state index is 0.200. The number of hydrogen-bond acceptors (Lipinski definition) is 7. The van der Waals surface area contributed by atoms with Crippen LogP contribution in [0.5, 0.6) is 23.0 Å². The van der Waals surface area contributed by atoms with E-state index < -0.39 is 5.97 Å². The van der Waals surface area contributed by atoms with Crippen molar-refractivity contribution in [1.82, 2.24) is 0 Å². The van der Waals surface area contributed by atoms with Gasteiger partial charge in [-0.3, -0.25) is 4.79 Å². The third-order valence-corrected chi connectivity index (χ3v) is 5.12. The van der Waals surface area contributed by atoms with Crippen molar-refractivity contribution in [2.24, 2.45) is 0 Å². The molecule has 0 atom stereocenters. The van der Waals surface area contributed by atoms with E-state index in [2.05, 4.69) is 0 Å². The van der Waals surface area contributed by atoms with Gasteiger partial charge in [-0.1, -0.05) is 12.1 Å². The maximum atomic E-state index is 13.1.